The monoisotopic (exact) mass is 227 g/mol. The maximum atomic E-state index is 11.0. The lowest BCUT2D eigenvalue weighted by molar-refractivity contribution is -0.116. The first-order valence-electron chi connectivity index (χ1n) is 5.03. The highest BCUT2D eigenvalue weighted by Gasteiger charge is 2.05. The smallest absolute Gasteiger partial charge is 0.223 e. The van der Waals surface area contributed by atoms with Crippen LogP contribution in [0.3, 0.4) is 0 Å². The van der Waals surface area contributed by atoms with Crippen LogP contribution in [-0.2, 0) is 4.79 Å². The van der Waals surface area contributed by atoms with Crippen molar-refractivity contribution in [2.24, 2.45) is 0 Å². The molecule has 0 bridgehead atoms. The van der Waals surface area contributed by atoms with E-state index in [1.165, 1.54) is 6.92 Å². The molecule has 0 fully saturated rings. The first-order chi connectivity index (χ1) is 7.02. The number of hydrogen-bond acceptors (Lipinski definition) is 1. The van der Waals surface area contributed by atoms with Crippen molar-refractivity contribution in [3.63, 3.8) is 0 Å². The Morgan fingerprint density at radius 2 is 1.87 bits per heavy atom. The number of anilines is 1. The zero-order valence-electron chi connectivity index (χ0n) is 9.97. The van der Waals surface area contributed by atoms with Crippen LogP contribution in [0.1, 0.15) is 26.3 Å². The maximum absolute atomic E-state index is 11.0. The van der Waals surface area contributed by atoms with Crippen molar-refractivity contribution in [1.82, 2.24) is 0 Å². The molecule has 3 heteroatoms. The lowest BCUT2D eigenvalue weighted by atomic mass is 10.2. The van der Waals surface area contributed by atoms with E-state index in [1.54, 1.807) is 18.0 Å². The Morgan fingerprint density at radius 1 is 1.33 bits per heavy atom. The van der Waals surface area contributed by atoms with Gasteiger partial charge in [0.1, 0.15) is 0 Å². The number of amides is 1. The predicted octanol–water partition coefficient (Wildman–Crippen LogP) is 3.66. The number of halogens is 1. The summed E-state index contributed by atoms with van der Waals surface area (Å²) in [7, 11) is 1.74. The Kier molecular flexibility index (Phi) is 6.02. The van der Waals surface area contributed by atoms with Crippen molar-refractivity contribution in [3.8, 4) is 0 Å². The van der Waals surface area contributed by atoms with Crippen molar-refractivity contribution in [2.45, 2.75) is 27.7 Å². The van der Waals surface area contributed by atoms with E-state index in [4.69, 9.17) is 11.6 Å². The fraction of sp³-hybridized carbons (Fsp3) is 0.417. The second kappa shape index (κ2) is 6.46. The highest BCUT2D eigenvalue weighted by Crippen LogP contribution is 2.21. The Morgan fingerprint density at radius 3 is 2.27 bits per heavy atom. The van der Waals surface area contributed by atoms with Gasteiger partial charge in [-0.2, -0.15) is 0 Å². The average Bonchev–Trinajstić information content (AvgIpc) is 2.24. The first kappa shape index (κ1) is 14.0. The van der Waals surface area contributed by atoms with Crippen LogP contribution in [-0.4, -0.2) is 13.0 Å². The van der Waals surface area contributed by atoms with Gasteiger partial charge in [0.25, 0.3) is 0 Å². The summed E-state index contributed by atoms with van der Waals surface area (Å²) in [5, 5.41) is 0.723. The molecular weight excluding hydrogens is 210 g/mol. The van der Waals surface area contributed by atoms with E-state index < -0.39 is 0 Å². The van der Waals surface area contributed by atoms with Gasteiger partial charge in [-0.15, -0.1) is 0 Å². The molecule has 0 heterocycles. The molecule has 0 N–H and O–H groups in total. The van der Waals surface area contributed by atoms with Gasteiger partial charge in [0.05, 0.1) is 0 Å². The molecule has 1 aromatic rings. The van der Waals surface area contributed by atoms with Crippen molar-refractivity contribution in [3.05, 3.63) is 28.8 Å². The summed E-state index contributed by atoms with van der Waals surface area (Å²) in [4.78, 5) is 12.6. The summed E-state index contributed by atoms with van der Waals surface area (Å²) in [6.45, 7) is 7.45. The molecule has 0 aliphatic rings. The minimum Gasteiger partial charge on any atom is -0.316 e. The Balaban J connectivity index is 0.000000921. The van der Waals surface area contributed by atoms with Gasteiger partial charge in [-0.05, 0) is 30.7 Å². The maximum Gasteiger partial charge on any atom is 0.223 e. The molecule has 0 saturated carbocycles. The molecule has 0 aromatic heterocycles. The van der Waals surface area contributed by atoms with Gasteiger partial charge in [-0.1, -0.05) is 25.4 Å². The number of hydrogen-bond donors (Lipinski definition) is 0. The molecule has 0 radical (unpaired) electrons. The Hall–Kier alpha value is -1.02. The van der Waals surface area contributed by atoms with Gasteiger partial charge in [0.15, 0.2) is 0 Å². The normalized spacial score (nSPS) is 8.93. The minimum atomic E-state index is 0.0155. The zero-order chi connectivity index (χ0) is 12.0. The number of aryl methyl sites for hydroxylation is 1. The fourth-order valence-electron chi connectivity index (χ4n) is 1.02. The standard InChI is InChI=1S/C10H12ClNO.C2H6/c1-7-6-9(4-5-10(7)11)12(3)8(2)13;1-2/h4-6H,1-3H3;1-2H3. The van der Waals surface area contributed by atoms with Gasteiger partial charge < -0.3 is 4.90 Å². The van der Waals surface area contributed by atoms with Gasteiger partial charge >= 0.3 is 0 Å². The molecule has 0 aliphatic carbocycles. The number of rotatable bonds is 1. The number of carbonyl (C=O) groups excluding carboxylic acids is 1. The van der Waals surface area contributed by atoms with Gasteiger partial charge in [0.2, 0.25) is 5.91 Å². The first-order valence-corrected chi connectivity index (χ1v) is 5.40. The Bertz CT molecular complexity index is 336. The minimum absolute atomic E-state index is 0.0155. The molecule has 1 aromatic carbocycles. The van der Waals surface area contributed by atoms with Crippen LogP contribution in [0.2, 0.25) is 5.02 Å². The van der Waals surface area contributed by atoms with E-state index in [0.29, 0.717) is 0 Å². The second-order valence-electron chi connectivity index (χ2n) is 3.01. The van der Waals surface area contributed by atoms with Crippen molar-refractivity contribution < 1.29 is 4.79 Å². The second-order valence-corrected chi connectivity index (χ2v) is 3.42. The van der Waals surface area contributed by atoms with E-state index in [1.807, 2.05) is 32.9 Å². The molecule has 84 valence electrons. The van der Waals surface area contributed by atoms with Crippen LogP contribution in [0.5, 0.6) is 0 Å². The fourth-order valence-corrected chi connectivity index (χ4v) is 1.14. The molecule has 1 rings (SSSR count). The summed E-state index contributed by atoms with van der Waals surface area (Å²) in [5.41, 5.74) is 1.85. The molecular formula is C12H18ClNO. The summed E-state index contributed by atoms with van der Waals surface area (Å²) in [5.74, 6) is 0.0155. The number of nitrogens with zero attached hydrogens (tertiary/aromatic N) is 1. The lowest BCUT2D eigenvalue weighted by Crippen LogP contribution is -2.22. The third-order valence-corrected chi connectivity index (χ3v) is 2.43. The quantitative estimate of drug-likeness (QED) is 0.717. The Labute approximate surface area is 96.9 Å². The van der Waals surface area contributed by atoms with Crippen LogP contribution < -0.4 is 4.90 Å². The summed E-state index contributed by atoms with van der Waals surface area (Å²) in [6.07, 6.45) is 0. The van der Waals surface area contributed by atoms with Gasteiger partial charge in [0, 0.05) is 24.7 Å². The van der Waals surface area contributed by atoms with Crippen molar-refractivity contribution in [1.29, 1.82) is 0 Å². The SMILES string of the molecule is CC.CC(=O)N(C)c1ccc(Cl)c(C)c1. The van der Waals surface area contributed by atoms with Crippen LogP contribution in [0.15, 0.2) is 18.2 Å². The highest BCUT2D eigenvalue weighted by molar-refractivity contribution is 6.31. The summed E-state index contributed by atoms with van der Waals surface area (Å²) >= 11 is 5.86. The zero-order valence-corrected chi connectivity index (χ0v) is 10.7. The van der Waals surface area contributed by atoms with Crippen LogP contribution in [0.4, 0.5) is 5.69 Å². The lowest BCUT2D eigenvalue weighted by Gasteiger charge is -2.15. The third kappa shape index (κ3) is 3.92. The molecule has 15 heavy (non-hydrogen) atoms. The molecule has 0 saturated heterocycles. The largest absolute Gasteiger partial charge is 0.316 e. The molecule has 0 aliphatic heterocycles. The van der Waals surface area contributed by atoms with E-state index in [2.05, 4.69) is 0 Å². The van der Waals surface area contributed by atoms with Crippen LogP contribution in [0, 0.1) is 6.92 Å². The number of carbonyl (C=O) groups is 1. The molecule has 0 unspecified atom stereocenters. The van der Waals surface area contributed by atoms with Gasteiger partial charge in [-0.3, -0.25) is 4.79 Å². The van der Waals surface area contributed by atoms with Crippen LogP contribution in [0.25, 0.3) is 0 Å². The van der Waals surface area contributed by atoms with E-state index in [-0.39, 0.29) is 5.91 Å². The number of benzene rings is 1. The molecule has 2 nitrogen and oxygen atoms in total. The highest BCUT2D eigenvalue weighted by atomic mass is 35.5. The third-order valence-electron chi connectivity index (χ3n) is 2.00. The van der Waals surface area contributed by atoms with Crippen molar-refractivity contribution >= 4 is 23.2 Å². The molecule has 0 atom stereocenters. The topological polar surface area (TPSA) is 20.3 Å². The summed E-state index contributed by atoms with van der Waals surface area (Å²) in [6, 6.07) is 5.52. The average molecular weight is 228 g/mol. The van der Waals surface area contributed by atoms with Crippen LogP contribution >= 0.6 is 11.6 Å². The van der Waals surface area contributed by atoms with E-state index in [9.17, 15) is 4.79 Å². The molecule has 0 spiro atoms. The van der Waals surface area contributed by atoms with E-state index in [0.717, 1.165) is 16.3 Å². The van der Waals surface area contributed by atoms with E-state index >= 15 is 0 Å². The van der Waals surface area contributed by atoms with Gasteiger partial charge in [-0.25, -0.2) is 0 Å². The summed E-state index contributed by atoms with van der Waals surface area (Å²) < 4.78 is 0. The predicted molar refractivity (Wildman–Crippen MR) is 66.6 cm³/mol. The van der Waals surface area contributed by atoms with Crippen molar-refractivity contribution in [2.75, 3.05) is 11.9 Å². The molecule has 1 amide bonds.